The number of nitrogens with zero attached hydrogens (tertiary/aromatic N) is 2. The molecule has 1 heterocycles. The third-order valence-corrected chi connectivity index (χ3v) is 6.50. The van der Waals surface area contributed by atoms with Crippen LogP contribution in [0.25, 0.3) is 10.8 Å². The molecule has 1 atom stereocenters. The van der Waals surface area contributed by atoms with Gasteiger partial charge >= 0.3 is 0 Å². The van der Waals surface area contributed by atoms with Crippen LogP contribution in [0.15, 0.2) is 66.7 Å². The number of benzene rings is 3. The van der Waals surface area contributed by atoms with Gasteiger partial charge in [0.1, 0.15) is 12.6 Å². The van der Waals surface area contributed by atoms with Gasteiger partial charge in [0.05, 0.1) is 5.69 Å². The van der Waals surface area contributed by atoms with Gasteiger partial charge in [0.25, 0.3) is 5.91 Å². The van der Waals surface area contributed by atoms with E-state index in [1.165, 1.54) is 0 Å². The number of amides is 3. The Morgan fingerprint density at radius 2 is 1.69 bits per heavy atom. The van der Waals surface area contributed by atoms with E-state index in [-0.39, 0.29) is 24.3 Å². The van der Waals surface area contributed by atoms with Crippen molar-refractivity contribution in [1.82, 2.24) is 10.2 Å². The van der Waals surface area contributed by atoms with E-state index in [0.717, 1.165) is 22.0 Å². The van der Waals surface area contributed by atoms with Gasteiger partial charge in [-0.1, -0.05) is 75.4 Å². The Morgan fingerprint density at radius 3 is 2.37 bits per heavy atom. The van der Waals surface area contributed by atoms with Crippen LogP contribution in [0.2, 0.25) is 0 Å². The molecular weight excluding hydrogens is 438 g/mol. The van der Waals surface area contributed by atoms with E-state index in [0.29, 0.717) is 37.4 Å². The second-order valence-electron chi connectivity index (χ2n) is 9.46. The van der Waals surface area contributed by atoms with Gasteiger partial charge in [0, 0.05) is 24.0 Å². The van der Waals surface area contributed by atoms with Crippen molar-refractivity contribution in [3.8, 4) is 0 Å². The molecular formula is C29H33N3O3. The quantitative estimate of drug-likeness (QED) is 0.476. The van der Waals surface area contributed by atoms with Crippen LogP contribution in [0.1, 0.15) is 43.1 Å². The van der Waals surface area contributed by atoms with Crippen molar-refractivity contribution in [2.24, 2.45) is 5.92 Å². The van der Waals surface area contributed by atoms with Crippen LogP contribution in [0, 0.1) is 5.92 Å². The first-order valence-electron chi connectivity index (χ1n) is 12.4. The monoisotopic (exact) mass is 471 g/mol. The molecule has 3 aromatic carbocycles. The average Bonchev–Trinajstić information content (AvgIpc) is 3.13. The molecule has 6 nitrogen and oxygen atoms in total. The van der Waals surface area contributed by atoms with Crippen molar-refractivity contribution < 1.29 is 14.4 Å². The van der Waals surface area contributed by atoms with Crippen LogP contribution in [-0.2, 0) is 16.0 Å². The summed E-state index contributed by atoms with van der Waals surface area (Å²) < 4.78 is 0. The van der Waals surface area contributed by atoms with Crippen LogP contribution in [0.5, 0.6) is 0 Å². The molecule has 6 heteroatoms. The number of hydrogen-bond acceptors (Lipinski definition) is 3. The molecule has 35 heavy (non-hydrogen) atoms. The first-order valence-corrected chi connectivity index (χ1v) is 12.4. The van der Waals surface area contributed by atoms with Crippen LogP contribution in [-0.4, -0.2) is 48.3 Å². The molecule has 182 valence electrons. The molecule has 0 aromatic heterocycles. The molecule has 0 spiro atoms. The first-order chi connectivity index (χ1) is 16.9. The molecule has 0 fully saturated rings. The summed E-state index contributed by atoms with van der Waals surface area (Å²) in [6.07, 6.45) is 1.12. The van der Waals surface area contributed by atoms with E-state index in [9.17, 15) is 14.4 Å². The molecule has 1 aliphatic rings. The van der Waals surface area contributed by atoms with Gasteiger partial charge in [-0.3, -0.25) is 19.3 Å². The summed E-state index contributed by atoms with van der Waals surface area (Å²) in [5, 5.41) is 4.84. The minimum atomic E-state index is -0.596. The maximum absolute atomic E-state index is 13.7. The number of anilines is 1. The largest absolute Gasteiger partial charge is 0.354 e. The lowest BCUT2D eigenvalue weighted by molar-refractivity contribution is -0.139. The number of carbonyl (C=O) groups excluding carboxylic acids is 3. The Balaban J connectivity index is 1.59. The minimum absolute atomic E-state index is 0.102. The summed E-state index contributed by atoms with van der Waals surface area (Å²) in [6.45, 7) is 6.84. The highest BCUT2D eigenvalue weighted by Gasteiger charge is 2.34. The van der Waals surface area contributed by atoms with Crippen LogP contribution in [0.3, 0.4) is 0 Å². The van der Waals surface area contributed by atoms with Gasteiger partial charge in [-0.25, -0.2) is 0 Å². The highest BCUT2D eigenvalue weighted by Crippen LogP contribution is 2.37. The Morgan fingerprint density at radius 1 is 0.971 bits per heavy atom. The predicted octanol–water partition coefficient (Wildman–Crippen LogP) is 4.42. The normalized spacial score (nSPS) is 13.4. The number of nitrogens with one attached hydrogen (secondary N) is 1. The van der Waals surface area contributed by atoms with Crippen molar-refractivity contribution >= 4 is 34.2 Å². The van der Waals surface area contributed by atoms with Gasteiger partial charge in [-0.15, -0.1) is 0 Å². The first kappa shape index (κ1) is 24.5. The molecule has 0 bridgehead atoms. The van der Waals surface area contributed by atoms with Gasteiger partial charge in [0.2, 0.25) is 11.8 Å². The molecule has 3 amide bonds. The van der Waals surface area contributed by atoms with E-state index in [2.05, 4.69) is 5.32 Å². The Kier molecular flexibility index (Phi) is 7.49. The number of rotatable bonds is 10. The fourth-order valence-corrected chi connectivity index (χ4v) is 4.68. The molecule has 0 saturated carbocycles. The van der Waals surface area contributed by atoms with E-state index >= 15 is 0 Å². The highest BCUT2D eigenvalue weighted by atomic mass is 16.2. The van der Waals surface area contributed by atoms with Crippen molar-refractivity contribution in [2.45, 2.75) is 39.7 Å². The lowest BCUT2D eigenvalue weighted by Crippen LogP contribution is -2.53. The van der Waals surface area contributed by atoms with Crippen LogP contribution in [0.4, 0.5) is 5.69 Å². The minimum Gasteiger partial charge on any atom is -0.354 e. The van der Waals surface area contributed by atoms with E-state index in [4.69, 9.17) is 0 Å². The van der Waals surface area contributed by atoms with Crippen molar-refractivity contribution in [3.63, 3.8) is 0 Å². The fraction of sp³-hybridized carbons (Fsp3) is 0.345. The second kappa shape index (κ2) is 10.7. The summed E-state index contributed by atoms with van der Waals surface area (Å²) in [4.78, 5) is 43.3. The van der Waals surface area contributed by atoms with Crippen LogP contribution < -0.4 is 10.2 Å². The maximum Gasteiger partial charge on any atom is 0.259 e. The molecule has 3 aromatic rings. The van der Waals surface area contributed by atoms with Crippen LogP contribution >= 0.6 is 0 Å². The van der Waals surface area contributed by atoms with E-state index in [1.807, 2.05) is 81.4 Å². The van der Waals surface area contributed by atoms with Crippen molar-refractivity contribution in [2.75, 3.05) is 24.5 Å². The van der Waals surface area contributed by atoms with Gasteiger partial charge in [0.15, 0.2) is 0 Å². The third kappa shape index (κ3) is 5.21. The third-order valence-electron chi connectivity index (χ3n) is 6.50. The summed E-state index contributed by atoms with van der Waals surface area (Å²) in [5.41, 5.74) is 2.46. The lowest BCUT2D eigenvalue weighted by atomic mass is 10.1. The Hall–Kier alpha value is -3.67. The Bertz CT molecular complexity index is 1220. The van der Waals surface area contributed by atoms with E-state index in [1.54, 1.807) is 15.9 Å². The second-order valence-corrected chi connectivity index (χ2v) is 9.46. The fourth-order valence-electron chi connectivity index (χ4n) is 4.68. The summed E-state index contributed by atoms with van der Waals surface area (Å²) in [6, 6.07) is 20.7. The summed E-state index contributed by atoms with van der Waals surface area (Å²) in [7, 11) is 0. The SMILES string of the molecule is CC[C@@H](C(=O)NCC(C)C)N(CCc1ccccc1)C(=O)CN1C(=O)c2cccc3cccc1c23. The summed E-state index contributed by atoms with van der Waals surface area (Å²) in [5.74, 6) is -0.247. The zero-order chi connectivity index (χ0) is 24.9. The molecule has 0 unspecified atom stereocenters. The van der Waals surface area contributed by atoms with Gasteiger partial charge in [-0.2, -0.15) is 0 Å². The average molecular weight is 472 g/mol. The molecule has 1 N–H and O–H groups in total. The highest BCUT2D eigenvalue weighted by molar-refractivity contribution is 6.26. The maximum atomic E-state index is 13.7. The molecule has 4 rings (SSSR count). The molecule has 1 aliphatic heterocycles. The van der Waals surface area contributed by atoms with Crippen molar-refractivity contribution in [1.29, 1.82) is 0 Å². The topological polar surface area (TPSA) is 69.7 Å². The van der Waals surface area contributed by atoms with E-state index < -0.39 is 6.04 Å². The molecule has 0 radical (unpaired) electrons. The number of hydrogen-bond donors (Lipinski definition) is 1. The van der Waals surface area contributed by atoms with Gasteiger partial charge in [-0.05, 0) is 41.8 Å². The summed E-state index contributed by atoms with van der Waals surface area (Å²) >= 11 is 0. The smallest absolute Gasteiger partial charge is 0.259 e. The zero-order valence-corrected chi connectivity index (χ0v) is 20.7. The molecule has 0 aliphatic carbocycles. The van der Waals surface area contributed by atoms with Crippen molar-refractivity contribution in [3.05, 3.63) is 77.9 Å². The molecule has 0 saturated heterocycles. The number of carbonyl (C=O) groups is 3. The van der Waals surface area contributed by atoms with Gasteiger partial charge < -0.3 is 10.2 Å². The zero-order valence-electron chi connectivity index (χ0n) is 20.7. The predicted molar refractivity (Wildman–Crippen MR) is 139 cm³/mol. The standard InChI is InChI=1S/C29H33N3O3/c1-4-24(28(34)30-18-20(2)3)31(17-16-21-10-6-5-7-11-21)26(33)19-32-25-15-9-13-22-12-8-14-23(27(22)25)29(32)35/h5-15,20,24H,4,16-19H2,1-3H3,(H,30,34)/t24-/m0/s1. The Labute approximate surface area is 206 Å². The lowest BCUT2D eigenvalue weighted by Gasteiger charge is -2.32.